The van der Waals surface area contributed by atoms with Crippen LogP contribution in [0.3, 0.4) is 0 Å². The van der Waals surface area contributed by atoms with Gasteiger partial charge in [0.25, 0.3) is 0 Å². The summed E-state index contributed by atoms with van der Waals surface area (Å²) in [6, 6.07) is 8.82. The van der Waals surface area contributed by atoms with E-state index >= 15 is 0 Å². The van der Waals surface area contributed by atoms with Crippen LogP contribution in [0.25, 0.3) is 10.9 Å². The zero-order valence-electron chi connectivity index (χ0n) is 18.9. The fraction of sp³-hybridized carbons (Fsp3) is 0.636. The minimum atomic E-state index is 0.541. The van der Waals surface area contributed by atoms with Crippen molar-refractivity contribution < 1.29 is 0 Å². The maximum atomic E-state index is 4.94. The SMILES string of the molecule is CNN(CCCNc1nc(CN2CCNC[C@@H]2CC(C)C)nc2ccccc12)NC. The summed E-state index contributed by atoms with van der Waals surface area (Å²) < 4.78 is 0. The molecule has 0 spiro atoms. The van der Waals surface area contributed by atoms with Gasteiger partial charge in [0.05, 0.1) is 12.1 Å². The first-order chi connectivity index (χ1) is 14.6. The molecule has 166 valence electrons. The Balaban J connectivity index is 1.72. The zero-order valence-corrected chi connectivity index (χ0v) is 18.9. The van der Waals surface area contributed by atoms with Gasteiger partial charge in [-0.15, -0.1) is 0 Å². The molecule has 0 radical (unpaired) electrons. The Kier molecular flexibility index (Phi) is 8.77. The van der Waals surface area contributed by atoms with E-state index in [1.54, 1.807) is 0 Å². The second-order valence-electron chi connectivity index (χ2n) is 8.34. The summed E-state index contributed by atoms with van der Waals surface area (Å²) in [7, 11) is 3.83. The molecule has 1 fully saturated rings. The second-order valence-corrected chi connectivity index (χ2v) is 8.34. The van der Waals surface area contributed by atoms with Gasteiger partial charge in [0.2, 0.25) is 0 Å². The highest BCUT2D eigenvalue weighted by Crippen LogP contribution is 2.22. The first-order valence-electron chi connectivity index (χ1n) is 11.2. The van der Waals surface area contributed by atoms with E-state index in [2.05, 4.69) is 58.4 Å². The minimum Gasteiger partial charge on any atom is -0.369 e. The number of rotatable bonds is 11. The number of anilines is 1. The Morgan fingerprint density at radius 1 is 1.20 bits per heavy atom. The maximum Gasteiger partial charge on any atom is 0.145 e. The number of hydrazine groups is 2. The number of nitrogens with zero attached hydrogens (tertiary/aromatic N) is 4. The van der Waals surface area contributed by atoms with E-state index in [4.69, 9.17) is 9.97 Å². The standard InChI is InChI=1S/C22H38N8/c1-17(2)14-18-15-25-11-13-29(18)16-21-27-20-9-6-5-8-19(20)22(28-21)26-10-7-12-30(23-3)24-4/h5-6,8-9,17-18,23-25H,7,10-16H2,1-4H3,(H,26,27,28)/t18-/m0/s1. The third kappa shape index (κ3) is 6.33. The third-order valence-electron chi connectivity index (χ3n) is 5.60. The van der Waals surface area contributed by atoms with Gasteiger partial charge < -0.3 is 10.6 Å². The molecule has 1 saturated heterocycles. The van der Waals surface area contributed by atoms with Crippen LogP contribution >= 0.6 is 0 Å². The van der Waals surface area contributed by atoms with Gasteiger partial charge in [-0.05, 0) is 30.9 Å². The number of fused-ring (bicyclic) bond motifs is 1. The van der Waals surface area contributed by atoms with Crippen molar-refractivity contribution in [1.82, 2.24) is 36.2 Å². The fourth-order valence-electron chi connectivity index (χ4n) is 4.08. The predicted octanol–water partition coefficient (Wildman–Crippen LogP) is 1.82. The van der Waals surface area contributed by atoms with E-state index in [1.165, 1.54) is 6.42 Å². The second kappa shape index (κ2) is 11.5. The lowest BCUT2D eigenvalue weighted by molar-refractivity contribution is 0.131. The van der Waals surface area contributed by atoms with Crippen molar-refractivity contribution in [3.63, 3.8) is 0 Å². The summed E-state index contributed by atoms with van der Waals surface area (Å²) in [5.41, 5.74) is 7.23. The summed E-state index contributed by atoms with van der Waals surface area (Å²) in [6.45, 7) is 10.3. The molecule has 8 nitrogen and oxygen atoms in total. The summed E-state index contributed by atoms with van der Waals surface area (Å²) in [5, 5.41) is 10.1. The first kappa shape index (κ1) is 22.8. The average Bonchev–Trinajstić information content (AvgIpc) is 2.75. The molecule has 1 aliphatic heterocycles. The molecule has 0 amide bonds. The van der Waals surface area contributed by atoms with E-state index in [9.17, 15) is 0 Å². The number of para-hydroxylation sites is 1. The van der Waals surface area contributed by atoms with Crippen LogP contribution in [0.2, 0.25) is 0 Å². The maximum absolute atomic E-state index is 4.94. The molecular weight excluding hydrogens is 376 g/mol. The van der Waals surface area contributed by atoms with Crippen LogP contribution in [-0.2, 0) is 6.54 Å². The smallest absolute Gasteiger partial charge is 0.145 e. The van der Waals surface area contributed by atoms with Crippen LogP contribution in [0.4, 0.5) is 5.82 Å². The monoisotopic (exact) mass is 414 g/mol. The van der Waals surface area contributed by atoms with E-state index < -0.39 is 0 Å². The summed E-state index contributed by atoms with van der Waals surface area (Å²) in [6.07, 6.45) is 2.18. The molecular formula is C22H38N8. The fourth-order valence-corrected chi connectivity index (χ4v) is 4.08. The van der Waals surface area contributed by atoms with Crippen molar-refractivity contribution in [2.45, 2.75) is 39.3 Å². The van der Waals surface area contributed by atoms with E-state index in [1.807, 2.05) is 25.3 Å². The Bertz CT molecular complexity index is 777. The summed E-state index contributed by atoms with van der Waals surface area (Å²) >= 11 is 0. The molecule has 2 aromatic rings. The van der Waals surface area contributed by atoms with Gasteiger partial charge in [-0.2, -0.15) is 5.12 Å². The lowest BCUT2D eigenvalue weighted by atomic mass is 10.0. The third-order valence-corrected chi connectivity index (χ3v) is 5.60. The molecule has 30 heavy (non-hydrogen) atoms. The molecule has 3 rings (SSSR count). The van der Waals surface area contributed by atoms with Crippen LogP contribution in [0.5, 0.6) is 0 Å². The highest BCUT2D eigenvalue weighted by Gasteiger charge is 2.24. The number of hydrogen-bond donors (Lipinski definition) is 4. The largest absolute Gasteiger partial charge is 0.369 e. The van der Waals surface area contributed by atoms with Crippen molar-refractivity contribution in [2.75, 3.05) is 52.1 Å². The Morgan fingerprint density at radius 3 is 2.77 bits per heavy atom. The molecule has 2 heterocycles. The molecule has 0 saturated carbocycles. The highest BCUT2D eigenvalue weighted by molar-refractivity contribution is 5.88. The van der Waals surface area contributed by atoms with Crippen molar-refractivity contribution in [2.24, 2.45) is 5.92 Å². The molecule has 4 N–H and O–H groups in total. The van der Waals surface area contributed by atoms with Crippen LogP contribution in [0.15, 0.2) is 24.3 Å². The molecule has 0 aliphatic carbocycles. The van der Waals surface area contributed by atoms with Crippen molar-refractivity contribution in [1.29, 1.82) is 0 Å². The quantitative estimate of drug-likeness (QED) is 0.328. The van der Waals surface area contributed by atoms with Gasteiger partial charge in [0.1, 0.15) is 11.6 Å². The van der Waals surface area contributed by atoms with E-state index in [0.717, 1.165) is 68.2 Å². The van der Waals surface area contributed by atoms with Gasteiger partial charge >= 0.3 is 0 Å². The van der Waals surface area contributed by atoms with Crippen LogP contribution in [0.1, 0.15) is 32.5 Å². The number of hydrogen-bond acceptors (Lipinski definition) is 8. The number of piperazine rings is 1. The lowest BCUT2D eigenvalue weighted by Gasteiger charge is -2.36. The minimum absolute atomic E-state index is 0.541. The summed E-state index contributed by atoms with van der Waals surface area (Å²) in [4.78, 5) is 12.4. The Labute approximate surface area is 180 Å². The van der Waals surface area contributed by atoms with Gasteiger partial charge in [-0.1, -0.05) is 26.0 Å². The molecule has 0 unspecified atom stereocenters. The first-order valence-corrected chi connectivity index (χ1v) is 11.2. The number of nitrogens with one attached hydrogen (secondary N) is 4. The molecule has 1 aliphatic rings. The molecule has 8 heteroatoms. The van der Waals surface area contributed by atoms with Gasteiger partial charge in [-0.3, -0.25) is 4.90 Å². The lowest BCUT2D eigenvalue weighted by Crippen LogP contribution is -2.51. The van der Waals surface area contributed by atoms with Gasteiger partial charge in [0, 0.05) is 58.2 Å². The molecule has 1 atom stereocenters. The average molecular weight is 415 g/mol. The topological polar surface area (TPSA) is 80.4 Å². The predicted molar refractivity (Wildman–Crippen MR) is 124 cm³/mol. The van der Waals surface area contributed by atoms with Gasteiger partial charge in [0.15, 0.2) is 0 Å². The zero-order chi connectivity index (χ0) is 21.3. The Hall–Kier alpha value is -1.84. The number of benzene rings is 1. The number of aromatic nitrogens is 2. The van der Waals surface area contributed by atoms with Crippen molar-refractivity contribution in [3.8, 4) is 0 Å². The molecule has 1 aromatic heterocycles. The molecule has 0 bridgehead atoms. The van der Waals surface area contributed by atoms with Crippen LogP contribution in [-0.4, -0.2) is 72.8 Å². The van der Waals surface area contributed by atoms with Crippen molar-refractivity contribution in [3.05, 3.63) is 30.1 Å². The highest BCUT2D eigenvalue weighted by atomic mass is 15.7. The van der Waals surface area contributed by atoms with E-state index in [-0.39, 0.29) is 0 Å². The van der Waals surface area contributed by atoms with Crippen LogP contribution < -0.4 is 21.5 Å². The van der Waals surface area contributed by atoms with E-state index in [0.29, 0.717) is 12.0 Å². The van der Waals surface area contributed by atoms with Gasteiger partial charge in [-0.25, -0.2) is 20.8 Å². The van der Waals surface area contributed by atoms with Crippen LogP contribution in [0, 0.1) is 5.92 Å². The van der Waals surface area contributed by atoms with Crippen molar-refractivity contribution >= 4 is 16.7 Å². The normalized spacial score (nSPS) is 17.9. The molecule has 1 aromatic carbocycles. The summed E-state index contributed by atoms with van der Waals surface area (Å²) in [5.74, 6) is 2.52. The Morgan fingerprint density at radius 2 is 2.00 bits per heavy atom.